The van der Waals surface area contributed by atoms with Crippen LogP contribution in [0.25, 0.3) is 10.8 Å². The van der Waals surface area contributed by atoms with E-state index >= 15 is 0 Å². The van der Waals surface area contributed by atoms with Crippen molar-refractivity contribution < 1.29 is 13.2 Å². The molecule has 0 saturated carbocycles. The zero-order chi connectivity index (χ0) is 17.3. The first-order valence-electron chi connectivity index (χ1n) is 7.45. The van der Waals surface area contributed by atoms with Gasteiger partial charge in [-0.15, -0.1) is 0 Å². The number of hydrogen-bond donors (Lipinski definition) is 2. The van der Waals surface area contributed by atoms with Gasteiger partial charge in [0.15, 0.2) is 0 Å². The van der Waals surface area contributed by atoms with E-state index < -0.39 is 10.0 Å². The van der Waals surface area contributed by atoms with Crippen molar-refractivity contribution in [2.45, 2.75) is 17.4 Å². The lowest BCUT2D eigenvalue weighted by atomic mass is 10.2. The molecule has 0 aliphatic carbocycles. The van der Waals surface area contributed by atoms with E-state index in [2.05, 4.69) is 10.3 Å². The molecule has 0 radical (unpaired) electrons. The van der Waals surface area contributed by atoms with E-state index in [1.807, 2.05) is 0 Å². The number of carbonyl (C=O) groups is 1. The number of halogens is 1. The molecular formula is C15H17ClN4O3S. The summed E-state index contributed by atoms with van der Waals surface area (Å²) >= 11 is 6.17. The molecule has 24 heavy (non-hydrogen) atoms. The number of hydrogen-bond acceptors (Lipinski definition) is 5. The van der Waals surface area contributed by atoms with Crippen molar-refractivity contribution in [3.8, 4) is 0 Å². The Bertz CT molecular complexity index is 882. The zero-order valence-corrected chi connectivity index (χ0v) is 14.3. The van der Waals surface area contributed by atoms with Crippen LogP contribution in [0.3, 0.4) is 0 Å². The van der Waals surface area contributed by atoms with Crippen LogP contribution in [0.2, 0.25) is 5.02 Å². The standard InChI is InChI=1S/C15H17ClN4O3S/c16-12-8-18-7-10-2-1-3-13(15(10)12)24(22,23)20-5-4-11(9-20)19-14(21)6-17/h1-3,7-8,11H,4-6,9,17H2,(H,19,21). The van der Waals surface area contributed by atoms with Crippen molar-refractivity contribution in [1.29, 1.82) is 0 Å². The number of nitrogens with one attached hydrogen (secondary N) is 1. The van der Waals surface area contributed by atoms with E-state index in [1.165, 1.54) is 16.6 Å². The van der Waals surface area contributed by atoms with Gasteiger partial charge >= 0.3 is 0 Å². The van der Waals surface area contributed by atoms with E-state index in [-0.39, 0.29) is 29.9 Å². The second kappa shape index (κ2) is 6.64. The van der Waals surface area contributed by atoms with Gasteiger partial charge in [0.1, 0.15) is 0 Å². The Balaban J connectivity index is 1.94. The molecule has 1 unspecified atom stereocenters. The van der Waals surface area contributed by atoms with Crippen LogP contribution >= 0.6 is 11.6 Å². The quantitative estimate of drug-likeness (QED) is 0.827. The Morgan fingerprint density at radius 1 is 1.42 bits per heavy atom. The molecule has 7 nitrogen and oxygen atoms in total. The molecule has 1 aliphatic rings. The Kier molecular flexibility index (Phi) is 4.73. The number of pyridine rings is 1. The van der Waals surface area contributed by atoms with Crippen LogP contribution in [0.4, 0.5) is 0 Å². The van der Waals surface area contributed by atoms with Crippen molar-refractivity contribution in [2.24, 2.45) is 5.73 Å². The van der Waals surface area contributed by atoms with Crippen LogP contribution in [0.15, 0.2) is 35.5 Å². The Morgan fingerprint density at radius 3 is 2.96 bits per heavy atom. The van der Waals surface area contributed by atoms with Gasteiger partial charge in [0.05, 0.1) is 16.5 Å². The Labute approximate surface area is 144 Å². The summed E-state index contributed by atoms with van der Waals surface area (Å²) < 4.78 is 27.4. The van der Waals surface area contributed by atoms with E-state index in [0.717, 1.165) is 0 Å². The molecule has 1 aromatic carbocycles. The average Bonchev–Trinajstić information content (AvgIpc) is 3.03. The van der Waals surface area contributed by atoms with Gasteiger partial charge < -0.3 is 11.1 Å². The van der Waals surface area contributed by atoms with Crippen LogP contribution in [-0.2, 0) is 14.8 Å². The maximum Gasteiger partial charge on any atom is 0.243 e. The summed E-state index contributed by atoms with van der Waals surface area (Å²) in [6.45, 7) is 0.430. The fourth-order valence-corrected chi connectivity index (χ4v) is 4.92. The van der Waals surface area contributed by atoms with Crippen LogP contribution in [-0.4, -0.2) is 49.3 Å². The van der Waals surface area contributed by atoms with E-state index in [4.69, 9.17) is 17.3 Å². The maximum atomic E-state index is 13.0. The number of sulfonamides is 1. The third kappa shape index (κ3) is 3.10. The van der Waals surface area contributed by atoms with Gasteiger partial charge in [0.25, 0.3) is 0 Å². The molecule has 1 saturated heterocycles. The number of nitrogens with zero attached hydrogens (tertiary/aromatic N) is 2. The summed E-state index contributed by atoms with van der Waals surface area (Å²) in [5.74, 6) is -0.293. The number of benzene rings is 1. The van der Waals surface area contributed by atoms with Gasteiger partial charge in [-0.3, -0.25) is 9.78 Å². The van der Waals surface area contributed by atoms with Crippen LogP contribution in [0, 0.1) is 0 Å². The fraction of sp³-hybridized carbons (Fsp3) is 0.333. The molecule has 2 heterocycles. The van der Waals surface area contributed by atoms with Crippen molar-refractivity contribution in [1.82, 2.24) is 14.6 Å². The molecule has 1 aliphatic heterocycles. The highest BCUT2D eigenvalue weighted by Gasteiger charge is 2.34. The van der Waals surface area contributed by atoms with E-state index in [0.29, 0.717) is 28.8 Å². The number of nitrogens with two attached hydrogens (primary N) is 1. The van der Waals surface area contributed by atoms with Gasteiger partial charge in [-0.25, -0.2) is 8.42 Å². The summed E-state index contributed by atoms with van der Waals surface area (Å²) in [5.41, 5.74) is 5.28. The molecule has 0 bridgehead atoms. The minimum atomic E-state index is -3.72. The van der Waals surface area contributed by atoms with Gasteiger partial charge in [-0.05, 0) is 12.5 Å². The Hall–Kier alpha value is -1.74. The highest BCUT2D eigenvalue weighted by Crippen LogP contribution is 2.31. The first kappa shape index (κ1) is 17.1. The first-order valence-corrected chi connectivity index (χ1v) is 9.27. The monoisotopic (exact) mass is 368 g/mol. The number of amides is 1. The summed E-state index contributed by atoms with van der Waals surface area (Å²) in [6.07, 6.45) is 3.55. The largest absolute Gasteiger partial charge is 0.351 e. The van der Waals surface area contributed by atoms with Gasteiger partial charge in [0.2, 0.25) is 15.9 Å². The zero-order valence-electron chi connectivity index (χ0n) is 12.8. The number of fused-ring (bicyclic) bond motifs is 1. The molecule has 1 aromatic heterocycles. The minimum Gasteiger partial charge on any atom is -0.351 e. The smallest absolute Gasteiger partial charge is 0.243 e. The average molecular weight is 369 g/mol. The van der Waals surface area contributed by atoms with Gasteiger partial charge in [-0.2, -0.15) is 4.31 Å². The molecule has 128 valence electrons. The van der Waals surface area contributed by atoms with Gasteiger partial charge in [0, 0.05) is 42.3 Å². The van der Waals surface area contributed by atoms with E-state index in [9.17, 15) is 13.2 Å². The molecule has 2 aromatic rings. The molecule has 3 N–H and O–H groups in total. The highest BCUT2D eigenvalue weighted by atomic mass is 35.5. The predicted octanol–water partition coefficient (Wildman–Crippen LogP) is 0.726. The highest BCUT2D eigenvalue weighted by molar-refractivity contribution is 7.89. The van der Waals surface area contributed by atoms with Gasteiger partial charge in [-0.1, -0.05) is 23.7 Å². The van der Waals surface area contributed by atoms with E-state index in [1.54, 1.807) is 18.3 Å². The molecule has 0 spiro atoms. The first-order chi connectivity index (χ1) is 11.4. The lowest BCUT2D eigenvalue weighted by molar-refractivity contribution is -0.120. The Morgan fingerprint density at radius 2 is 2.21 bits per heavy atom. The van der Waals surface area contributed by atoms with Crippen molar-refractivity contribution >= 4 is 38.3 Å². The van der Waals surface area contributed by atoms with Crippen molar-refractivity contribution in [2.75, 3.05) is 19.6 Å². The summed E-state index contributed by atoms with van der Waals surface area (Å²) in [6, 6.07) is 4.73. The molecular weight excluding hydrogens is 352 g/mol. The lowest BCUT2D eigenvalue weighted by Gasteiger charge is -2.18. The van der Waals surface area contributed by atoms with Crippen molar-refractivity contribution in [3.63, 3.8) is 0 Å². The van der Waals surface area contributed by atoms with Crippen LogP contribution in [0.5, 0.6) is 0 Å². The fourth-order valence-electron chi connectivity index (χ4n) is 2.86. The third-order valence-electron chi connectivity index (χ3n) is 4.02. The molecule has 3 rings (SSSR count). The normalized spacial score (nSPS) is 18.8. The summed E-state index contributed by atoms with van der Waals surface area (Å²) in [7, 11) is -3.72. The molecule has 1 fully saturated rings. The summed E-state index contributed by atoms with van der Waals surface area (Å²) in [4.78, 5) is 15.5. The number of carbonyl (C=O) groups excluding carboxylic acids is 1. The minimum absolute atomic E-state index is 0.116. The van der Waals surface area contributed by atoms with Crippen molar-refractivity contribution in [3.05, 3.63) is 35.6 Å². The predicted molar refractivity (Wildman–Crippen MR) is 91.1 cm³/mol. The number of aromatic nitrogens is 1. The second-order valence-corrected chi connectivity index (χ2v) is 7.91. The summed E-state index contributed by atoms with van der Waals surface area (Å²) in [5, 5.41) is 4.14. The molecule has 9 heteroatoms. The van der Waals surface area contributed by atoms with Crippen LogP contribution < -0.4 is 11.1 Å². The number of rotatable bonds is 4. The second-order valence-electron chi connectivity index (χ2n) is 5.60. The topological polar surface area (TPSA) is 105 Å². The molecule has 1 amide bonds. The SMILES string of the molecule is NCC(=O)NC1CCN(S(=O)(=O)c2cccc3cncc(Cl)c23)C1. The van der Waals surface area contributed by atoms with Crippen LogP contribution in [0.1, 0.15) is 6.42 Å². The maximum absolute atomic E-state index is 13.0. The third-order valence-corrected chi connectivity index (χ3v) is 6.21. The molecule has 1 atom stereocenters. The lowest BCUT2D eigenvalue weighted by Crippen LogP contribution is -2.41.